The van der Waals surface area contributed by atoms with E-state index in [1.807, 2.05) is 27.7 Å². The number of carbonyl (C=O) groups is 1. The number of benzene rings is 1. The highest BCUT2D eigenvalue weighted by molar-refractivity contribution is 5.95. The molecule has 0 atom stereocenters. The molecule has 2 aromatic heterocycles. The molecule has 0 radical (unpaired) electrons. The molecule has 25 heavy (non-hydrogen) atoms. The molecule has 2 heterocycles. The highest BCUT2D eigenvalue weighted by Crippen LogP contribution is 2.25. The van der Waals surface area contributed by atoms with E-state index in [4.69, 9.17) is 0 Å². The van der Waals surface area contributed by atoms with Gasteiger partial charge in [-0.15, -0.1) is 0 Å². The third-order valence-electron chi connectivity index (χ3n) is 4.99. The average molecular weight is 341 g/mol. The Labute approximate surface area is 143 Å². The molecule has 0 unspecified atom stereocenters. The largest absolute Gasteiger partial charge is 0.469 e. The number of aromatic amines is 2. The molecule has 0 spiro atoms. The Morgan fingerprint density at radius 2 is 1.64 bits per heavy atom. The summed E-state index contributed by atoms with van der Waals surface area (Å²) < 4.78 is 4.66. The monoisotopic (exact) mass is 341 g/mol. The summed E-state index contributed by atoms with van der Waals surface area (Å²) in [6, 6.07) is 0. The minimum atomic E-state index is -0.517. The molecule has 3 aromatic rings. The van der Waals surface area contributed by atoms with Gasteiger partial charge in [0.15, 0.2) is 10.9 Å². The molecule has 3 rings (SSSR count). The SMILES string of the molecule is COC(=O)Cc1[nH]nc2c(=O)[nH]c3c(C)c(C)c(C)c(C)c3c(=O)c12. The maximum Gasteiger partial charge on any atom is 0.311 e. The van der Waals surface area contributed by atoms with Crippen LogP contribution in [0.3, 0.4) is 0 Å². The lowest BCUT2D eigenvalue weighted by Crippen LogP contribution is -2.09. The van der Waals surface area contributed by atoms with Crippen molar-refractivity contribution in [2.45, 2.75) is 34.1 Å². The number of aryl methyl sites for hydroxylation is 2. The minimum Gasteiger partial charge on any atom is -0.469 e. The first-order valence-electron chi connectivity index (χ1n) is 7.88. The molecule has 0 saturated heterocycles. The van der Waals surface area contributed by atoms with Crippen LogP contribution in [0.15, 0.2) is 9.59 Å². The van der Waals surface area contributed by atoms with E-state index in [0.717, 1.165) is 22.3 Å². The van der Waals surface area contributed by atoms with E-state index in [0.29, 0.717) is 10.9 Å². The summed E-state index contributed by atoms with van der Waals surface area (Å²) in [5.41, 5.74) is 3.68. The fourth-order valence-corrected chi connectivity index (χ4v) is 3.18. The lowest BCUT2D eigenvalue weighted by Gasteiger charge is -2.11. The van der Waals surface area contributed by atoms with Gasteiger partial charge in [0.1, 0.15) is 0 Å². The van der Waals surface area contributed by atoms with Crippen LogP contribution in [0.2, 0.25) is 0 Å². The molecule has 0 fully saturated rings. The third-order valence-corrected chi connectivity index (χ3v) is 4.99. The molecule has 1 aromatic carbocycles. The lowest BCUT2D eigenvalue weighted by atomic mass is 9.94. The lowest BCUT2D eigenvalue weighted by molar-refractivity contribution is -0.139. The van der Waals surface area contributed by atoms with Crippen molar-refractivity contribution in [2.24, 2.45) is 0 Å². The van der Waals surface area contributed by atoms with Gasteiger partial charge in [-0.05, 0) is 49.9 Å². The van der Waals surface area contributed by atoms with Crippen molar-refractivity contribution in [1.29, 1.82) is 0 Å². The van der Waals surface area contributed by atoms with Gasteiger partial charge >= 0.3 is 5.97 Å². The number of hydrogen-bond acceptors (Lipinski definition) is 5. The molecule has 130 valence electrons. The summed E-state index contributed by atoms with van der Waals surface area (Å²) in [5, 5.41) is 7.16. The summed E-state index contributed by atoms with van der Waals surface area (Å²) in [5.74, 6) is -0.517. The predicted octanol–water partition coefficient (Wildman–Crippen LogP) is 1.71. The summed E-state index contributed by atoms with van der Waals surface area (Å²) >= 11 is 0. The number of carbonyl (C=O) groups excluding carboxylic acids is 1. The summed E-state index contributed by atoms with van der Waals surface area (Å²) in [7, 11) is 1.26. The van der Waals surface area contributed by atoms with Gasteiger partial charge in [0.05, 0.1) is 30.1 Å². The van der Waals surface area contributed by atoms with Crippen LogP contribution in [0, 0.1) is 27.7 Å². The van der Waals surface area contributed by atoms with E-state index < -0.39 is 11.5 Å². The van der Waals surface area contributed by atoms with Crippen LogP contribution in [-0.2, 0) is 16.0 Å². The smallest absolute Gasteiger partial charge is 0.311 e. The second-order valence-electron chi connectivity index (χ2n) is 6.21. The highest BCUT2D eigenvalue weighted by atomic mass is 16.5. The summed E-state index contributed by atoms with van der Waals surface area (Å²) in [6.07, 6.45) is -0.157. The van der Waals surface area contributed by atoms with Gasteiger partial charge in [-0.2, -0.15) is 5.10 Å². The van der Waals surface area contributed by atoms with Gasteiger partial charge in [-0.3, -0.25) is 19.5 Å². The summed E-state index contributed by atoms with van der Waals surface area (Å²) in [6.45, 7) is 7.64. The van der Waals surface area contributed by atoms with Gasteiger partial charge in [-0.1, -0.05) is 0 Å². The molecule has 0 saturated carbocycles. The Morgan fingerprint density at radius 1 is 1.00 bits per heavy atom. The molecule has 0 bridgehead atoms. The van der Waals surface area contributed by atoms with E-state index in [1.165, 1.54) is 7.11 Å². The Bertz CT molecular complexity index is 1160. The number of hydrogen-bond donors (Lipinski definition) is 2. The quantitative estimate of drug-likeness (QED) is 0.691. The predicted molar refractivity (Wildman–Crippen MR) is 95.2 cm³/mol. The number of aromatic nitrogens is 3. The molecule has 0 aliphatic carbocycles. The molecule has 2 N–H and O–H groups in total. The third kappa shape index (κ3) is 2.43. The Hall–Kier alpha value is -2.96. The number of methoxy groups -OCH3 is 1. The van der Waals surface area contributed by atoms with Crippen molar-refractivity contribution < 1.29 is 9.53 Å². The number of fused-ring (bicyclic) bond motifs is 2. The average Bonchev–Trinajstić information content (AvgIpc) is 2.96. The second-order valence-corrected chi connectivity index (χ2v) is 6.21. The number of rotatable bonds is 2. The van der Waals surface area contributed by atoms with Crippen LogP contribution in [0.25, 0.3) is 21.8 Å². The molecule has 7 nitrogen and oxygen atoms in total. The summed E-state index contributed by atoms with van der Waals surface area (Å²) in [4.78, 5) is 40.3. The van der Waals surface area contributed by atoms with Gasteiger partial charge in [-0.25, -0.2) is 0 Å². The Kier molecular flexibility index (Phi) is 3.94. The number of nitrogens with zero attached hydrogens (tertiary/aromatic N) is 1. The molecule has 0 amide bonds. The van der Waals surface area contributed by atoms with Crippen molar-refractivity contribution >= 4 is 27.8 Å². The van der Waals surface area contributed by atoms with E-state index >= 15 is 0 Å². The van der Waals surface area contributed by atoms with E-state index in [2.05, 4.69) is 19.9 Å². The maximum atomic E-state index is 13.3. The minimum absolute atomic E-state index is 0.00536. The normalized spacial score (nSPS) is 11.2. The number of nitrogens with one attached hydrogen (secondary N) is 2. The first-order chi connectivity index (χ1) is 11.8. The van der Waals surface area contributed by atoms with Crippen molar-refractivity contribution in [3.63, 3.8) is 0 Å². The van der Waals surface area contributed by atoms with Crippen LogP contribution in [-0.4, -0.2) is 28.3 Å². The molecular weight excluding hydrogens is 322 g/mol. The topological polar surface area (TPSA) is 105 Å². The van der Waals surface area contributed by atoms with Crippen molar-refractivity contribution in [3.05, 3.63) is 48.5 Å². The van der Waals surface area contributed by atoms with Crippen LogP contribution in [0.5, 0.6) is 0 Å². The van der Waals surface area contributed by atoms with Gasteiger partial charge in [0.2, 0.25) is 0 Å². The first kappa shape index (κ1) is 16.9. The molecule has 0 aliphatic heterocycles. The first-order valence-corrected chi connectivity index (χ1v) is 7.88. The van der Waals surface area contributed by atoms with Crippen LogP contribution < -0.4 is 11.0 Å². The van der Waals surface area contributed by atoms with Crippen LogP contribution in [0.4, 0.5) is 0 Å². The standard InChI is InChI=1S/C18H19N3O4/c1-7-8(2)10(4)15-13(9(7)3)17(23)14-11(6-12(22)25-5)20-21-16(14)18(24)19-15/h6H2,1-5H3,(H,19,24)(H,20,21). The number of H-pyrrole nitrogens is 2. The number of esters is 1. The van der Waals surface area contributed by atoms with Crippen LogP contribution >= 0.6 is 0 Å². The van der Waals surface area contributed by atoms with Gasteiger partial charge < -0.3 is 9.72 Å². The van der Waals surface area contributed by atoms with Crippen LogP contribution in [0.1, 0.15) is 27.9 Å². The molecule has 0 aliphatic rings. The zero-order valence-corrected chi connectivity index (χ0v) is 14.8. The van der Waals surface area contributed by atoms with Gasteiger partial charge in [0.25, 0.3) is 5.56 Å². The van der Waals surface area contributed by atoms with Crippen molar-refractivity contribution in [3.8, 4) is 0 Å². The highest BCUT2D eigenvalue weighted by Gasteiger charge is 2.19. The maximum absolute atomic E-state index is 13.3. The fraction of sp³-hybridized carbons (Fsp3) is 0.333. The van der Waals surface area contributed by atoms with E-state index in [-0.39, 0.29) is 28.4 Å². The zero-order chi connectivity index (χ0) is 18.5. The zero-order valence-electron chi connectivity index (χ0n) is 14.8. The van der Waals surface area contributed by atoms with Gasteiger partial charge in [0, 0.05) is 5.39 Å². The molecular formula is C18H19N3O4. The number of ether oxygens (including phenoxy) is 1. The molecule has 7 heteroatoms. The van der Waals surface area contributed by atoms with Crippen molar-refractivity contribution in [2.75, 3.05) is 7.11 Å². The van der Waals surface area contributed by atoms with E-state index in [1.54, 1.807) is 0 Å². The Morgan fingerprint density at radius 3 is 2.28 bits per heavy atom. The van der Waals surface area contributed by atoms with E-state index in [9.17, 15) is 14.4 Å². The fourth-order valence-electron chi connectivity index (χ4n) is 3.18. The van der Waals surface area contributed by atoms with Crippen molar-refractivity contribution in [1.82, 2.24) is 15.2 Å². The second kappa shape index (κ2) is 5.84. The Balaban J connectivity index is 2.60.